The molecule has 2 aromatic rings. The molecular formula is C16H18N2O3. The van der Waals surface area contributed by atoms with Crippen LogP contribution in [0, 0.1) is 17.0 Å². The first kappa shape index (κ1) is 15.0. The van der Waals surface area contributed by atoms with E-state index in [4.69, 9.17) is 0 Å². The molecule has 0 aliphatic heterocycles. The molecule has 0 fully saturated rings. The highest BCUT2D eigenvalue weighted by Gasteiger charge is 2.13. The third-order valence-electron chi connectivity index (χ3n) is 3.31. The molecule has 0 amide bonds. The van der Waals surface area contributed by atoms with Crippen molar-refractivity contribution < 1.29 is 10.0 Å². The first-order valence-electron chi connectivity index (χ1n) is 6.76. The molecule has 110 valence electrons. The highest BCUT2D eigenvalue weighted by molar-refractivity contribution is 5.54. The number of aliphatic hydroxyl groups excluding tert-OH is 1. The number of rotatable bonds is 6. The van der Waals surface area contributed by atoms with E-state index in [1.807, 2.05) is 30.3 Å². The van der Waals surface area contributed by atoms with E-state index in [0.717, 1.165) is 11.3 Å². The van der Waals surface area contributed by atoms with E-state index in [1.54, 1.807) is 19.1 Å². The normalized spacial score (nSPS) is 11.9. The minimum absolute atomic E-state index is 0.00900. The lowest BCUT2D eigenvalue weighted by Gasteiger charge is -2.18. The maximum Gasteiger partial charge on any atom is 0.272 e. The van der Waals surface area contributed by atoms with Gasteiger partial charge in [-0.05, 0) is 31.0 Å². The van der Waals surface area contributed by atoms with Crippen LogP contribution in [0.2, 0.25) is 0 Å². The van der Waals surface area contributed by atoms with Crippen molar-refractivity contribution in [2.45, 2.75) is 19.4 Å². The van der Waals surface area contributed by atoms with Crippen LogP contribution in [-0.4, -0.2) is 22.7 Å². The summed E-state index contributed by atoms with van der Waals surface area (Å²) in [5, 5.41) is 23.5. The van der Waals surface area contributed by atoms with Crippen LogP contribution in [0.3, 0.4) is 0 Å². The lowest BCUT2D eigenvalue weighted by molar-refractivity contribution is -0.385. The summed E-state index contributed by atoms with van der Waals surface area (Å²) in [4.78, 5) is 10.4. The van der Waals surface area contributed by atoms with Gasteiger partial charge in [-0.15, -0.1) is 0 Å². The molecule has 5 heteroatoms. The predicted molar refractivity (Wildman–Crippen MR) is 82.5 cm³/mol. The molecule has 1 atom stereocenters. The van der Waals surface area contributed by atoms with Gasteiger partial charge in [0.25, 0.3) is 5.69 Å². The van der Waals surface area contributed by atoms with Crippen molar-refractivity contribution in [3.63, 3.8) is 0 Å². The Hall–Kier alpha value is -2.40. The number of nitro groups is 1. The van der Waals surface area contributed by atoms with Gasteiger partial charge >= 0.3 is 0 Å². The fourth-order valence-corrected chi connectivity index (χ4v) is 2.25. The second-order valence-corrected chi connectivity index (χ2v) is 4.97. The fourth-order valence-electron chi connectivity index (χ4n) is 2.25. The molecule has 5 nitrogen and oxygen atoms in total. The van der Waals surface area contributed by atoms with Gasteiger partial charge in [0.2, 0.25) is 0 Å². The van der Waals surface area contributed by atoms with E-state index in [9.17, 15) is 15.2 Å². The first-order chi connectivity index (χ1) is 10.1. The number of benzene rings is 2. The van der Waals surface area contributed by atoms with Gasteiger partial charge in [0.15, 0.2) is 0 Å². The van der Waals surface area contributed by atoms with Gasteiger partial charge in [-0.25, -0.2) is 0 Å². The summed E-state index contributed by atoms with van der Waals surface area (Å²) in [5.74, 6) is 0. The molecule has 0 heterocycles. The first-order valence-corrected chi connectivity index (χ1v) is 6.76. The number of anilines is 1. The van der Waals surface area contributed by atoms with Crippen molar-refractivity contribution in [2.75, 3.05) is 11.9 Å². The average molecular weight is 286 g/mol. The number of nitro benzene ring substituents is 1. The molecule has 1 unspecified atom stereocenters. The maximum atomic E-state index is 10.8. The van der Waals surface area contributed by atoms with E-state index in [-0.39, 0.29) is 18.3 Å². The highest BCUT2D eigenvalue weighted by atomic mass is 16.6. The van der Waals surface area contributed by atoms with Crippen LogP contribution >= 0.6 is 0 Å². The molecule has 0 aromatic heterocycles. The van der Waals surface area contributed by atoms with Gasteiger partial charge in [0.1, 0.15) is 0 Å². The predicted octanol–water partition coefficient (Wildman–Crippen LogP) is 2.92. The SMILES string of the molecule is Cc1cc(NC(CO)Cc2ccccc2)ccc1[N+](=O)[O-]. The Bertz CT molecular complexity index is 614. The standard InChI is InChI=1S/C16H18N2O3/c1-12-9-14(7-8-16(12)18(20)21)17-15(11-19)10-13-5-3-2-4-6-13/h2-9,15,17,19H,10-11H2,1H3. The van der Waals surface area contributed by atoms with Crippen LogP contribution < -0.4 is 5.32 Å². The van der Waals surface area contributed by atoms with Crippen LogP contribution in [0.1, 0.15) is 11.1 Å². The minimum atomic E-state index is -0.396. The highest BCUT2D eigenvalue weighted by Crippen LogP contribution is 2.22. The van der Waals surface area contributed by atoms with E-state index < -0.39 is 4.92 Å². The molecule has 0 spiro atoms. The number of hydrogen-bond donors (Lipinski definition) is 2. The largest absolute Gasteiger partial charge is 0.394 e. The van der Waals surface area contributed by atoms with Gasteiger partial charge in [-0.3, -0.25) is 10.1 Å². The zero-order chi connectivity index (χ0) is 15.2. The Morgan fingerprint density at radius 1 is 1.24 bits per heavy atom. The molecule has 2 aromatic carbocycles. The van der Waals surface area contributed by atoms with Crippen LogP contribution in [-0.2, 0) is 6.42 Å². The molecule has 21 heavy (non-hydrogen) atoms. The molecule has 0 bridgehead atoms. The van der Waals surface area contributed by atoms with Crippen molar-refractivity contribution in [2.24, 2.45) is 0 Å². The number of hydrogen-bond acceptors (Lipinski definition) is 4. The van der Waals surface area contributed by atoms with E-state index in [2.05, 4.69) is 5.32 Å². The topological polar surface area (TPSA) is 75.4 Å². The Morgan fingerprint density at radius 2 is 1.95 bits per heavy atom. The van der Waals surface area contributed by atoms with Crippen LogP contribution in [0.15, 0.2) is 48.5 Å². The minimum Gasteiger partial charge on any atom is -0.394 e. The van der Waals surface area contributed by atoms with Gasteiger partial charge in [-0.1, -0.05) is 30.3 Å². The van der Waals surface area contributed by atoms with Gasteiger partial charge in [0.05, 0.1) is 17.6 Å². The Labute approximate surface area is 123 Å². The van der Waals surface area contributed by atoms with Gasteiger partial charge < -0.3 is 10.4 Å². The monoisotopic (exact) mass is 286 g/mol. The molecule has 0 saturated carbocycles. The number of nitrogens with one attached hydrogen (secondary N) is 1. The van der Waals surface area contributed by atoms with E-state index in [0.29, 0.717) is 12.0 Å². The fraction of sp³-hybridized carbons (Fsp3) is 0.250. The summed E-state index contributed by atoms with van der Waals surface area (Å²) in [7, 11) is 0. The lowest BCUT2D eigenvalue weighted by atomic mass is 10.1. The number of aliphatic hydroxyl groups is 1. The quantitative estimate of drug-likeness (QED) is 0.632. The van der Waals surface area contributed by atoms with Crippen molar-refractivity contribution in [3.05, 3.63) is 69.8 Å². The third kappa shape index (κ3) is 4.03. The van der Waals surface area contributed by atoms with Crippen LogP contribution in [0.4, 0.5) is 11.4 Å². The smallest absolute Gasteiger partial charge is 0.272 e. The Morgan fingerprint density at radius 3 is 2.52 bits per heavy atom. The second kappa shape index (κ2) is 6.85. The summed E-state index contributed by atoms with van der Waals surface area (Å²) in [6, 6.07) is 14.6. The molecule has 0 aliphatic rings. The molecule has 2 rings (SSSR count). The van der Waals surface area contributed by atoms with Crippen molar-refractivity contribution in [3.8, 4) is 0 Å². The van der Waals surface area contributed by atoms with Gasteiger partial charge in [-0.2, -0.15) is 0 Å². The second-order valence-electron chi connectivity index (χ2n) is 4.97. The van der Waals surface area contributed by atoms with Crippen molar-refractivity contribution in [1.82, 2.24) is 0 Å². The average Bonchev–Trinajstić information content (AvgIpc) is 2.47. The molecule has 0 aliphatic carbocycles. The lowest BCUT2D eigenvalue weighted by Crippen LogP contribution is -2.26. The summed E-state index contributed by atoms with van der Waals surface area (Å²) in [6.07, 6.45) is 0.688. The molecule has 2 N–H and O–H groups in total. The summed E-state index contributed by atoms with van der Waals surface area (Å²) < 4.78 is 0. The van der Waals surface area contributed by atoms with Crippen LogP contribution in [0.25, 0.3) is 0 Å². The maximum absolute atomic E-state index is 10.8. The zero-order valence-electron chi connectivity index (χ0n) is 11.8. The molecule has 0 saturated heterocycles. The Kier molecular flexibility index (Phi) is 4.90. The van der Waals surface area contributed by atoms with Gasteiger partial charge in [0, 0.05) is 17.3 Å². The summed E-state index contributed by atoms with van der Waals surface area (Å²) in [5.41, 5.74) is 2.60. The zero-order valence-corrected chi connectivity index (χ0v) is 11.8. The van der Waals surface area contributed by atoms with E-state index >= 15 is 0 Å². The number of nitrogens with zero attached hydrogens (tertiary/aromatic N) is 1. The summed E-state index contributed by atoms with van der Waals surface area (Å²) in [6.45, 7) is 1.69. The van der Waals surface area contributed by atoms with E-state index in [1.165, 1.54) is 6.07 Å². The number of aryl methyl sites for hydroxylation is 1. The van der Waals surface area contributed by atoms with Crippen molar-refractivity contribution >= 4 is 11.4 Å². The molecule has 0 radical (unpaired) electrons. The summed E-state index contributed by atoms with van der Waals surface area (Å²) >= 11 is 0. The molecular weight excluding hydrogens is 268 g/mol. The van der Waals surface area contributed by atoms with Crippen LogP contribution in [0.5, 0.6) is 0 Å². The van der Waals surface area contributed by atoms with Crippen molar-refractivity contribution in [1.29, 1.82) is 0 Å². The third-order valence-corrected chi connectivity index (χ3v) is 3.31. The Balaban J connectivity index is 2.08.